The molecule has 0 bridgehead atoms. The summed E-state index contributed by atoms with van der Waals surface area (Å²) in [6, 6.07) is 0. The van der Waals surface area contributed by atoms with Gasteiger partial charge < -0.3 is 46.8 Å². The third-order valence-corrected chi connectivity index (χ3v) is 0. The molecule has 74 valence electrons. The lowest BCUT2D eigenvalue weighted by Crippen LogP contribution is -2.42. The molecule has 0 amide bonds. The van der Waals surface area contributed by atoms with Crippen molar-refractivity contribution in [2.75, 3.05) is 0 Å². The fourth-order valence-electron chi connectivity index (χ4n) is 0. The molecule has 0 heterocycles. The molecule has 0 saturated carbocycles. The molecule has 0 aromatic carbocycles. The van der Waals surface area contributed by atoms with E-state index in [0.29, 0.717) is 0 Å². The highest BCUT2D eigenvalue weighted by Gasteiger charge is 1.60. The molecule has 0 fully saturated rings. The van der Waals surface area contributed by atoms with Crippen LogP contribution in [0.1, 0.15) is 0 Å². The molecule has 0 radical (unpaired) electrons. The van der Waals surface area contributed by atoms with E-state index in [1.807, 2.05) is 0 Å². The van der Waals surface area contributed by atoms with Gasteiger partial charge in [-0.2, -0.15) is 0 Å². The van der Waals surface area contributed by atoms with Crippen LogP contribution in [0.25, 0.3) is 0 Å². The average Bonchev–Trinajstić information content (AvgIpc) is 0.811. The van der Waals surface area contributed by atoms with Crippen LogP contribution in [0, 0.1) is 10.8 Å². The monoisotopic (exact) mass is 191 g/mol. The fraction of sp³-hybridized carbons (Fsp3) is 0. The summed E-state index contributed by atoms with van der Waals surface area (Å²) in [7, 11) is -2.85. The normalized spacial score (nSPS) is 3.60. The maximum absolute atomic E-state index is 8.41. The topological polar surface area (TPSA) is 258 Å². The predicted octanol–water partition coefficient (Wildman–Crippen LogP) is -8.52. The number of halogens is 1. The summed E-state index contributed by atoms with van der Waals surface area (Å²) in [4.78, 5) is 0. The molecular weight excluding hydrogens is 179 g/mol. The molecule has 0 aromatic heterocycles. The Balaban J connectivity index is -0.00000000300. The Labute approximate surface area is 58.8 Å². The van der Waals surface area contributed by atoms with Crippen molar-refractivity contribution >= 4 is 0 Å². The molecule has 0 saturated heterocycles. The van der Waals surface area contributed by atoms with E-state index >= 15 is 0 Å². The van der Waals surface area contributed by atoms with Gasteiger partial charge in [0.15, 0.2) is 0 Å². The van der Waals surface area contributed by atoms with Gasteiger partial charge in [0.25, 0.3) is 0 Å². The second-order valence-corrected chi connectivity index (χ2v) is 0.567. The van der Waals surface area contributed by atoms with Crippen LogP contribution in [0.4, 0.5) is 0 Å². The highest BCUT2D eigenvalue weighted by molar-refractivity contribution is 1.73. The average molecular weight is 192 g/mol. The second kappa shape index (κ2) is 65.4. The van der Waals surface area contributed by atoms with E-state index in [0.717, 1.165) is 0 Å². The zero-order valence-electron chi connectivity index (χ0n) is 4.60. The molecule has 10 heavy (non-hydrogen) atoms. The van der Waals surface area contributed by atoms with Crippen molar-refractivity contribution in [3.63, 3.8) is 0 Å². The quantitative estimate of drug-likeness (QED) is 0.361. The molecule has 0 aliphatic rings. The van der Waals surface area contributed by atoms with Gasteiger partial charge in [-0.25, -0.2) is 0 Å². The van der Waals surface area contributed by atoms with Crippen LogP contribution in [0.2, 0.25) is 0 Å². The van der Waals surface area contributed by atoms with Crippen molar-refractivity contribution in [2.45, 2.75) is 0 Å². The van der Waals surface area contributed by atoms with E-state index < -0.39 is 10.8 Å². The van der Waals surface area contributed by atoms with Crippen molar-refractivity contribution in [3.05, 3.63) is 0 Å². The van der Waals surface area contributed by atoms with Crippen LogP contribution in [0.3, 0.4) is 0 Å². The molecule has 0 aliphatic carbocycles. The van der Waals surface area contributed by atoms with Gasteiger partial charge in [-0.15, -0.1) is 0 Å². The molecule has 0 unspecified atom stereocenters. The van der Waals surface area contributed by atoms with Crippen molar-refractivity contribution in [2.24, 2.45) is 0 Å². The van der Waals surface area contributed by atoms with Gasteiger partial charge in [-0.05, 0) is 0 Å². The van der Waals surface area contributed by atoms with Gasteiger partial charge in [0.1, 0.15) is 0 Å². The molecule has 12 N–H and O–H groups in total. The van der Waals surface area contributed by atoms with E-state index in [1.54, 1.807) is 0 Å². The van der Waals surface area contributed by atoms with Gasteiger partial charge >= 0.3 is 0 Å². The zero-order chi connectivity index (χ0) is 3.58. The minimum atomic E-state index is -2.85. The minimum absolute atomic E-state index is 0. The summed E-state index contributed by atoms with van der Waals surface area (Å²) in [5, 5.41) is 0. The van der Waals surface area contributed by atoms with Crippen molar-refractivity contribution < 1.29 is 57.6 Å². The molecule has 0 atom stereocenters. The van der Waals surface area contributed by atoms with Crippen molar-refractivity contribution in [1.82, 2.24) is 0 Å². The Morgan fingerprint density at radius 1 is 0.500 bits per heavy atom. The molecule has 0 aliphatic heterocycles. The summed E-state index contributed by atoms with van der Waals surface area (Å²) in [6.07, 6.45) is 0. The summed E-state index contributed by atoms with van der Waals surface area (Å²) in [5.41, 5.74) is 0. The first-order valence-corrected chi connectivity index (χ1v) is 1.39. The summed E-state index contributed by atoms with van der Waals surface area (Å²) < 4.78 is 25.2. The van der Waals surface area contributed by atoms with Crippen molar-refractivity contribution in [1.29, 1.82) is 0 Å². The summed E-state index contributed by atoms with van der Waals surface area (Å²) in [6.45, 7) is 0. The Hall–Kier alpha value is -0.0700. The lowest BCUT2D eigenvalue weighted by molar-refractivity contribution is -1.73. The molecular formula is H12ClO9-. The molecule has 0 aromatic rings. The third-order valence-electron chi connectivity index (χ3n) is 0. The Morgan fingerprint density at radius 3 is 0.500 bits per heavy atom. The van der Waals surface area contributed by atoms with Gasteiger partial charge in [0.2, 0.25) is 0 Å². The zero-order valence-corrected chi connectivity index (χ0v) is 5.36. The Morgan fingerprint density at radius 2 is 0.500 bits per heavy atom. The fourth-order valence-corrected chi connectivity index (χ4v) is 0. The third kappa shape index (κ3) is 77700. The predicted molar refractivity (Wildman–Crippen MR) is 21.7 cm³/mol. The standard InChI is InChI=1S/ClO3.6H2O/c2-1(3)4;;;;;;/h;6*1H2/q-1;;;;;;. The van der Waals surface area contributed by atoms with Crippen LogP contribution in [-0.2, 0) is 0 Å². The maximum atomic E-state index is 8.41. The van der Waals surface area contributed by atoms with Crippen LogP contribution in [0.5, 0.6) is 0 Å². The van der Waals surface area contributed by atoms with E-state index in [1.165, 1.54) is 0 Å². The van der Waals surface area contributed by atoms with E-state index in [4.69, 9.17) is 14.0 Å². The summed E-state index contributed by atoms with van der Waals surface area (Å²) in [5.74, 6) is 0. The largest absolute Gasteiger partial charge is 0.412 e. The van der Waals surface area contributed by atoms with Crippen molar-refractivity contribution in [3.8, 4) is 0 Å². The van der Waals surface area contributed by atoms with E-state index in [-0.39, 0.29) is 32.9 Å². The van der Waals surface area contributed by atoms with Gasteiger partial charge in [0, 0.05) is 0 Å². The Kier molecular flexibility index (Phi) is 603. The minimum Gasteiger partial charge on any atom is -0.412 e. The highest BCUT2D eigenvalue weighted by Crippen LogP contribution is 1.24. The first kappa shape index (κ1) is 92.2. The maximum Gasteiger partial charge on any atom is 0.0695 e. The van der Waals surface area contributed by atoms with Gasteiger partial charge in [-0.1, -0.05) is 0 Å². The molecule has 9 nitrogen and oxygen atoms in total. The summed E-state index contributed by atoms with van der Waals surface area (Å²) >= 11 is 0. The number of hydrogen-bond donors (Lipinski definition) is 0. The number of hydrogen-bond acceptors (Lipinski definition) is 3. The first-order valence-electron chi connectivity index (χ1n) is 0.463. The molecule has 0 rings (SSSR count). The number of rotatable bonds is 0. The molecule has 10 heteroatoms. The van der Waals surface area contributed by atoms with Gasteiger partial charge in [0.05, 0.1) is 10.8 Å². The smallest absolute Gasteiger partial charge is 0.0695 e. The van der Waals surface area contributed by atoms with Crippen LogP contribution in [-0.4, -0.2) is 32.9 Å². The van der Waals surface area contributed by atoms with Crippen LogP contribution >= 0.6 is 0 Å². The SMILES string of the molecule is O.O.O.O.O.O.[O-][Cl+2]([O-])[O-]. The first-order chi connectivity index (χ1) is 1.73. The Bertz CT molecular complexity index is 9.44. The lowest BCUT2D eigenvalue weighted by atomic mass is 15.8. The highest BCUT2D eigenvalue weighted by atomic mass is 35.6. The van der Waals surface area contributed by atoms with E-state index in [9.17, 15) is 0 Å². The van der Waals surface area contributed by atoms with E-state index in [2.05, 4.69) is 0 Å². The molecule has 0 spiro atoms. The lowest BCUT2D eigenvalue weighted by Gasteiger charge is -1.89. The van der Waals surface area contributed by atoms with Crippen LogP contribution in [0.15, 0.2) is 0 Å². The van der Waals surface area contributed by atoms with Crippen LogP contribution < -0.4 is 14.0 Å². The van der Waals surface area contributed by atoms with Gasteiger partial charge in [-0.3, -0.25) is 0 Å². The second-order valence-electron chi connectivity index (χ2n) is 0.189.